The Morgan fingerprint density at radius 2 is 1.83 bits per heavy atom. The first-order valence-corrected chi connectivity index (χ1v) is 7.25. The maximum atomic E-state index is 12.2. The van der Waals surface area contributed by atoms with Crippen LogP contribution in [0.2, 0.25) is 5.02 Å². The van der Waals surface area contributed by atoms with Crippen LogP contribution >= 0.6 is 11.6 Å². The average Bonchev–Trinajstić information content (AvgIpc) is 2.34. The average molecular weight is 280 g/mol. The third-order valence-corrected chi connectivity index (χ3v) is 4.28. The van der Waals surface area contributed by atoms with Crippen molar-refractivity contribution in [2.45, 2.75) is 17.6 Å². The van der Waals surface area contributed by atoms with E-state index in [0.717, 1.165) is 16.0 Å². The lowest BCUT2D eigenvalue weighted by Crippen LogP contribution is -2.00. The molecule has 0 aliphatic rings. The summed E-state index contributed by atoms with van der Waals surface area (Å²) in [5.41, 5.74) is 8.44. The molecule has 0 amide bonds. The maximum Gasteiger partial charge on any atom is 0.0574 e. The second-order valence-corrected chi connectivity index (χ2v) is 6.03. The highest BCUT2D eigenvalue weighted by molar-refractivity contribution is 7.84. The first-order chi connectivity index (χ1) is 8.56. The van der Waals surface area contributed by atoms with Crippen LogP contribution in [0.25, 0.3) is 0 Å². The predicted octanol–water partition coefficient (Wildman–Crippen LogP) is 3.54. The summed E-state index contributed by atoms with van der Waals surface area (Å²) in [6.07, 6.45) is 0. The molecule has 2 rings (SSSR count). The number of benzene rings is 2. The van der Waals surface area contributed by atoms with Gasteiger partial charge in [0.1, 0.15) is 0 Å². The van der Waals surface area contributed by atoms with Crippen LogP contribution in [0, 0.1) is 6.92 Å². The van der Waals surface area contributed by atoms with Crippen molar-refractivity contribution in [2.75, 3.05) is 5.73 Å². The van der Waals surface area contributed by atoms with Crippen LogP contribution in [-0.4, -0.2) is 4.21 Å². The molecule has 0 heterocycles. The molecule has 2 aromatic carbocycles. The van der Waals surface area contributed by atoms with Gasteiger partial charge in [0.2, 0.25) is 0 Å². The lowest BCUT2D eigenvalue weighted by atomic mass is 10.2. The van der Waals surface area contributed by atoms with Crippen molar-refractivity contribution in [1.82, 2.24) is 0 Å². The van der Waals surface area contributed by atoms with E-state index in [9.17, 15) is 4.21 Å². The standard InChI is InChI=1S/C14H14ClNOS/c1-10-2-5-13(6-3-10)18(17)9-11-8-12(15)4-7-14(11)16/h2-8H,9,16H2,1H3. The molecule has 0 radical (unpaired) electrons. The fraction of sp³-hybridized carbons (Fsp3) is 0.143. The number of nitrogens with two attached hydrogens (primary N) is 1. The largest absolute Gasteiger partial charge is 0.398 e. The molecule has 0 bridgehead atoms. The molecular formula is C14H14ClNOS. The van der Waals surface area contributed by atoms with E-state index in [1.54, 1.807) is 18.2 Å². The summed E-state index contributed by atoms with van der Waals surface area (Å²) in [5, 5.41) is 0.611. The second-order valence-electron chi connectivity index (χ2n) is 4.15. The zero-order valence-electron chi connectivity index (χ0n) is 10.0. The molecule has 1 unspecified atom stereocenters. The zero-order chi connectivity index (χ0) is 13.1. The van der Waals surface area contributed by atoms with Gasteiger partial charge in [-0.3, -0.25) is 4.21 Å². The minimum Gasteiger partial charge on any atom is -0.398 e. The second kappa shape index (κ2) is 5.55. The summed E-state index contributed by atoms with van der Waals surface area (Å²) in [6, 6.07) is 12.9. The van der Waals surface area contributed by atoms with Gasteiger partial charge < -0.3 is 5.73 Å². The Morgan fingerprint density at radius 1 is 1.17 bits per heavy atom. The highest BCUT2D eigenvalue weighted by Crippen LogP contribution is 2.21. The van der Waals surface area contributed by atoms with Gasteiger partial charge in [-0.05, 0) is 42.8 Å². The van der Waals surface area contributed by atoms with Crippen molar-refractivity contribution in [1.29, 1.82) is 0 Å². The van der Waals surface area contributed by atoms with Crippen molar-refractivity contribution < 1.29 is 4.21 Å². The van der Waals surface area contributed by atoms with Crippen molar-refractivity contribution in [3.05, 3.63) is 58.6 Å². The fourth-order valence-corrected chi connectivity index (χ4v) is 2.95. The van der Waals surface area contributed by atoms with E-state index in [2.05, 4.69) is 0 Å². The molecule has 0 spiro atoms. The Balaban J connectivity index is 2.21. The quantitative estimate of drug-likeness (QED) is 0.874. The summed E-state index contributed by atoms with van der Waals surface area (Å²) < 4.78 is 12.2. The molecule has 94 valence electrons. The van der Waals surface area contributed by atoms with Gasteiger partial charge in [0, 0.05) is 15.6 Å². The first-order valence-electron chi connectivity index (χ1n) is 5.55. The van der Waals surface area contributed by atoms with Gasteiger partial charge in [-0.25, -0.2) is 0 Å². The summed E-state index contributed by atoms with van der Waals surface area (Å²) in [4.78, 5) is 0.806. The molecule has 1 atom stereocenters. The number of nitrogen functional groups attached to an aromatic ring is 1. The number of halogens is 1. The highest BCUT2D eigenvalue weighted by atomic mass is 35.5. The lowest BCUT2D eigenvalue weighted by Gasteiger charge is -2.06. The highest BCUT2D eigenvalue weighted by Gasteiger charge is 2.08. The van der Waals surface area contributed by atoms with Crippen LogP contribution < -0.4 is 5.73 Å². The Morgan fingerprint density at radius 3 is 2.50 bits per heavy atom. The number of hydrogen-bond acceptors (Lipinski definition) is 2. The van der Waals surface area contributed by atoms with Gasteiger partial charge >= 0.3 is 0 Å². The van der Waals surface area contributed by atoms with E-state index < -0.39 is 10.8 Å². The lowest BCUT2D eigenvalue weighted by molar-refractivity contribution is 0.682. The number of aryl methyl sites for hydroxylation is 1. The summed E-state index contributed by atoms with van der Waals surface area (Å²) >= 11 is 5.91. The maximum absolute atomic E-state index is 12.2. The minimum absolute atomic E-state index is 0.384. The number of anilines is 1. The number of rotatable bonds is 3. The molecule has 2 aromatic rings. The zero-order valence-corrected chi connectivity index (χ0v) is 11.6. The van der Waals surface area contributed by atoms with Crippen LogP contribution in [0.3, 0.4) is 0 Å². The first kappa shape index (κ1) is 13.1. The molecule has 4 heteroatoms. The van der Waals surface area contributed by atoms with Crippen LogP contribution in [-0.2, 0) is 16.6 Å². The molecule has 2 N–H and O–H groups in total. The van der Waals surface area contributed by atoms with Gasteiger partial charge in [0.15, 0.2) is 0 Å². The van der Waals surface area contributed by atoms with Crippen molar-refractivity contribution in [3.8, 4) is 0 Å². The summed E-state index contributed by atoms with van der Waals surface area (Å²) in [7, 11) is -1.10. The Bertz CT molecular complexity index is 581. The molecular weight excluding hydrogens is 266 g/mol. The molecule has 0 aromatic heterocycles. The monoisotopic (exact) mass is 279 g/mol. The van der Waals surface area contributed by atoms with Gasteiger partial charge in [0.05, 0.1) is 16.6 Å². The summed E-state index contributed by atoms with van der Waals surface area (Å²) in [6.45, 7) is 2.00. The Labute approximate surface area is 114 Å². The van der Waals surface area contributed by atoms with Crippen LogP contribution in [0.1, 0.15) is 11.1 Å². The third-order valence-electron chi connectivity index (χ3n) is 2.68. The Hall–Kier alpha value is -1.32. The third kappa shape index (κ3) is 3.12. The van der Waals surface area contributed by atoms with Crippen molar-refractivity contribution >= 4 is 28.1 Å². The van der Waals surface area contributed by atoms with Crippen molar-refractivity contribution in [2.24, 2.45) is 0 Å². The van der Waals surface area contributed by atoms with E-state index >= 15 is 0 Å². The van der Waals surface area contributed by atoms with Crippen molar-refractivity contribution in [3.63, 3.8) is 0 Å². The summed E-state index contributed by atoms with van der Waals surface area (Å²) in [5.74, 6) is 0.384. The van der Waals surface area contributed by atoms with Crippen LogP contribution in [0.15, 0.2) is 47.4 Å². The molecule has 18 heavy (non-hydrogen) atoms. The Kier molecular flexibility index (Phi) is 4.04. The van der Waals surface area contributed by atoms with Gasteiger partial charge in [-0.2, -0.15) is 0 Å². The molecule has 0 saturated heterocycles. The molecule has 0 fully saturated rings. The van der Waals surface area contributed by atoms with Gasteiger partial charge in [-0.1, -0.05) is 29.3 Å². The molecule has 2 nitrogen and oxygen atoms in total. The van der Waals surface area contributed by atoms with Gasteiger partial charge in [0.25, 0.3) is 0 Å². The number of hydrogen-bond donors (Lipinski definition) is 1. The van der Waals surface area contributed by atoms with E-state index in [-0.39, 0.29) is 0 Å². The molecule has 0 saturated carbocycles. The van der Waals surface area contributed by atoms with E-state index in [1.807, 2.05) is 31.2 Å². The normalized spacial score (nSPS) is 12.3. The van der Waals surface area contributed by atoms with E-state index in [1.165, 1.54) is 0 Å². The molecule has 0 aliphatic carbocycles. The fourth-order valence-electron chi connectivity index (χ4n) is 1.61. The van der Waals surface area contributed by atoms with Gasteiger partial charge in [-0.15, -0.1) is 0 Å². The van der Waals surface area contributed by atoms with Crippen LogP contribution in [0.5, 0.6) is 0 Å². The minimum atomic E-state index is -1.10. The predicted molar refractivity (Wildman–Crippen MR) is 77.2 cm³/mol. The molecule has 0 aliphatic heterocycles. The SMILES string of the molecule is Cc1ccc(S(=O)Cc2cc(Cl)ccc2N)cc1. The van der Waals surface area contributed by atoms with Crippen LogP contribution in [0.4, 0.5) is 5.69 Å². The smallest absolute Gasteiger partial charge is 0.0574 e. The topological polar surface area (TPSA) is 43.1 Å². The van der Waals surface area contributed by atoms with E-state index in [4.69, 9.17) is 17.3 Å². The van der Waals surface area contributed by atoms with E-state index in [0.29, 0.717) is 16.5 Å².